The van der Waals surface area contributed by atoms with Crippen LogP contribution in [0.3, 0.4) is 0 Å². The summed E-state index contributed by atoms with van der Waals surface area (Å²) in [4.78, 5) is 0.0261. The predicted molar refractivity (Wildman–Crippen MR) is 94.9 cm³/mol. The van der Waals surface area contributed by atoms with Gasteiger partial charge in [0.15, 0.2) is 0 Å². The molecule has 0 spiro atoms. The summed E-state index contributed by atoms with van der Waals surface area (Å²) >= 11 is 4.29. The number of aryl methyl sites for hydroxylation is 1. The third kappa shape index (κ3) is 3.94. The summed E-state index contributed by atoms with van der Waals surface area (Å²) in [7, 11) is -4.57. The van der Waals surface area contributed by atoms with Gasteiger partial charge in [-0.3, -0.25) is 4.72 Å². The minimum atomic E-state index is -3.77. The molecule has 0 aliphatic heterocycles. The molecule has 0 radical (unpaired) electrons. The van der Waals surface area contributed by atoms with Gasteiger partial charge in [-0.2, -0.15) is 0 Å². The zero-order valence-electron chi connectivity index (χ0n) is 12.6. The van der Waals surface area contributed by atoms with Gasteiger partial charge in [0.05, 0.1) is 14.4 Å². The van der Waals surface area contributed by atoms with Crippen molar-refractivity contribution in [2.24, 2.45) is 0 Å². The molecule has 1 heterocycles. The van der Waals surface area contributed by atoms with Crippen molar-refractivity contribution in [3.8, 4) is 0 Å². The van der Waals surface area contributed by atoms with Crippen LogP contribution < -0.4 is 4.72 Å². The zero-order chi connectivity index (χ0) is 17.4. The van der Waals surface area contributed by atoms with Crippen LogP contribution >= 0.6 is 27.3 Å². The quantitative estimate of drug-likeness (QED) is 0.777. The summed E-state index contributed by atoms with van der Waals surface area (Å²) in [5, 5.41) is 0. The van der Waals surface area contributed by atoms with Crippen molar-refractivity contribution in [1.82, 2.24) is 4.31 Å². The maximum absolute atomic E-state index is 12.4. The molecule has 0 atom stereocenters. The van der Waals surface area contributed by atoms with Crippen molar-refractivity contribution in [2.75, 3.05) is 18.8 Å². The van der Waals surface area contributed by atoms with Gasteiger partial charge in [0.1, 0.15) is 4.21 Å². The number of sulfonamides is 2. The van der Waals surface area contributed by atoms with Crippen molar-refractivity contribution in [2.45, 2.75) is 16.0 Å². The highest BCUT2D eigenvalue weighted by Gasteiger charge is 2.21. The molecule has 0 aliphatic carbocycles. The van der Waals surface area contributed by atoms with E-state index in [0.29, 0.717) is 9.35 Å². The van der Waals surface area contributed by atoms with Gasteiger partial charge >= 0.3 is 0 Å². The van der Waals surface area contributed by atoms with Crippen LogP contribution in [0.25, 0.3) is 0 Å². The fourth-order valence-corrected chi connectivity index (χ4v) is 5.78. The number of benzene rings is 1. The molecule has 0 saturated heterocycles. The molecule has 2 rings (SSSR count). The van der Waals surface area contributed by atoms with Crippen LogP contribution in [0.1, 0.15) is 5.56 Å². The van der Waals surface area contributed by atoms with Crippen LogP contribution in [0.2, 0.25) is 0 Å². The lowest BCUT2D eigenvalue weighted by Gasteiger charge is -2.14. The second-order valence-electron chi connectivity index (χ2n) is 4.93. The Hall–Kier alpha value is -0.940. The number of rotatable bonds is 5. The Morgan fingerprint density at radius 1 is 1.09 bits per heavy atom. The Kier molecular flexibility index (Phi) is 5.21. The molecular formula is C13H15BrN2O4S3. The summed E-state index contributed by atoms with van der Waals surface area (Å²) in [6, 6.07) is 7.46. The standard InChI is InChI=1S/C13H15BrN2O4S3/c1-9-4-5-10(23(19,20)16(2)3)8-11(9)15-22(17,18)13-7-6-12(14)21-13/h4-8,15H,1-3H3. The Morgan fingerprint density at radius 2 is 1.74 bits per heavy atom. The van der Waals surface area contributed by atoms with Crippen molar-refractivity contribution < 1.29 is 16.8 Å². The molecule has 0 amide bonds. The summed E-state index contributed by atoms with van der Waals surface area (Å²) in [6.45, 7) is 1.70. The van der Waals surface area contributed by atoms with Crippen LogP contribution in [-0.2, 0) is 20.0 Å². The molecule has 23 heavy (non-hydrogen) atoms. The van der Waals surface area contributed by atoms with Gasteiger partial charge < -0.3 is 0 Å². The first kappa shape index (κ1) is 18.4. The molecule has 1 N–H and O–H groups in total. The van der Waals surface area contributed by atoms with Gasteiger partial charge in [0, 0.05) is 14.1 Å². The highest BCUT2D eigenvalue weighted by Crippen LogP contribution is 2.29. The average molecular weight is 439 g/mol. The third-order valence-electron chi connectivity index (χ3n) is 3.05. The van der Waals surface area contributed by atoms with E-state index >= 15 is 0 Å². The maximum Gasteiger partial charge on any atom is 0.271 e. The summed E-state index contributed by atoms with van der Waals surface area (Å²) in [5.41, 5.74) is 0.861. The van der Waals surface area contributed by atoms with Crippen molar-refractivity contribution in [1.29, 1.82) is 0 Å². The Labute approximate surface area is 148 Å². The zero-order valence-corrected chi connectivity index (χ0v) is 16.6. The smallest absolute Gasteiger partial charge is 0.271 e. The Bertz CT molecular complexity index is 934. The average Bonchev–Trinajstić information content (AvgIpc) is 2.88. The van der Waals surface area contributed by atoms with E-state index in [0.717, 1.165) is 15.6 Å². The lowest BCUT2D eigenvalue weighted by molar-refractivity contribution is 0.520. The van der Waals surface area contributed by atoms with Gasteiger partial charge in [-0.1, -0.05) is 6.07 Å². The summed E-state index contributed by atoms with van der Waals surface area (Å²) < 4.78 is 53.5. The number of hydrogen-bond acceptors (Lipinski definition) is 5. The first-order chi connectivity index (χ1) is 10.5. The monoisotopic (exact) mass is 438 g/mol. The van der Waals surface area contributed by atoms with E-state index in [1.165, 1.54) is 32.3 Å². The van der Waals surface area contributed by atoms with E-state index in [2.05, 4.69) is 20.7 Å². The summed E-state index contributed by atoms with van der Waals surface area (Å²) in [6.07, 6.45) is 0. The van der Waals surface area contributed by atoms with Gasteiger partial charge in [0.25, 0.3) is 10.0 Å². The lowest BCUT2D eigenvalue weighted by Crippen LogP contribution is -2.22. The maximum atomic E-state index is 12.4. The van der Waals surface area contributed by atoms with Crippen molar-refractivity contribution in [3.63, 3.8) is 0 Å². The molecule has 2 aromatic rings. The Balaban J connectivity index is 2.45. The predicted octanol–water partition coefficient (Wildman–Crippen LogP) is 2.87. The van der Waals surface area contributed by atoms with E-state index in [4.69, 9.17) is 0 Å². The molecule has 0 saturated carbocycles. The molecule has 6 nitrogen and oxygen atoms in total. The van der Waals surface area contributed by atoms with Crippen LogP contribution in [0.5, 0.6) is 0 Å². The van der Waals surface area contributed by atoms with Crippen LogP contribution in [0.15, 0.2) is 43.2 Å². The van der Waals surface area contributed by atoms with Gasteiger partial charge in [0.2, 0.25) is 10.0 Å². The largest absolute Gasteiger partial charge is 0.279 e. The molecule has 0 unspecified atom stereocenters. The number of anilines is 1. The van der Waals surface area contributed by atoms with E-state index < -0.39 is 20.0 Å². The molecule has 1 aromatic heterocycles. The normalized spacial score (nSPS) is 12.6. The summed E-state index contributed by atoms with van der Waals surface area (Å²) in [5.74, 6) is 0. The molecule has 1 aromatic carbocycles. The van der Waals surface area contributed by atoms with Gasteiger partial charge in [-0.15, -0.1) is 11.3 Å². The number of nitrogens with one attached hydrogen (secondary N) is 1. The first-order valence-electron chi connectivity index (χ1n) is 6.35. The minimum absolute atomic E-state index is 0.0261. The van der Waals surface area contributed by atoms with Gasteiger partial charge in [-0.25, -0.2) is 21.1 Å². The second-order valence-corrected chi connectivity index (χ2v) is 11.5. The minimum Gasteiger partial charge on any atom is -0.279 e. The number of halogens is 1. The Morgan fingerprint density at radius 3 is 2.26 bits per heavy atom. The number of hydrogen-bond donors (Lipinski definition) is 1. The van der Waals surface area contributed by atoms with Crippen molar-refractivity contribution in [3.05, 3.63) is 39.7 Å². The molecule has 126 valence electrons. The molecule has 0 bridgehead atoms. The SMILES string of the molecule is Cc1ccc(S(=O)(=O)N(C)C)cc1NS(=O)(=O)c1ccc(Br)s1. The van der Waals surface area contributed by atoms with Crippen LogP contribution in [-0.4, -0.2) is 35.2 Å². The van der Waals surface area contributed by atoms with Gasteiger partial charge in [-0.05, 0) is 52.7 Å². The van der Waals surface area contributed by atoms with Crippen LogP contribution in [0, 0.1) is 6.92 Å². The highest BCUT2D eigenvalue weighted by molar-refractivity contribution is 9.11. The fraction of sp³-hybridized carbons (Fsp3) is 0.231. The highest BCUT2D eigenvalue weighted by atomic mass is 79.9. The molecule has 0 fully saturated rings. The third-order valence-corrected chi connectivity index (χ3v) is 8.34. The molecule has 0 aliphatic rings. The first-order valence-corrected chi connectivity index (χ1v) is 10.9. The second kappa shape index (κ2) is 6.52. The number of thiophene rings is 1. The van der Waals surface area contributed by atoms with E-state index in [-0.39, 0.29) is 14.8 Å². The molecule has 10 heteroatoms. The van der Waals surface area contributed by atoms with E-state index in [1.54, 1.807) is 19.1 Å². The lowest BCUT2D eigenvalue weighted by atomic mass is 10.2. The van der Waals surface area contributed by atoms with E-state index in [9.17, 15) is 16.8 Å². The molecular weight excluding hydrogens is 424 g/mol. The van der Waals surface area contributed by atoms with Crippen molar-refractivity contribution >= 4 is 53.0 Å². The van der Waals surface area contributed by atoms with Crippen LogP contribution in [0.4, 0.5) is 5.69 Å². The fourth-order valence-electron chi connectivity index (χ4n) is 1.72. The number of nitrogens with zero attached hydrogens (tertiary/aromatic N) is 1. The topological polar surface area (TPSA) is 83.6 Å². The van der Waals surface area contributed by atoms with E-state index in [1.807, 2.05) is 0 Å².